The van der Waals surface area contributed by atoms with Crippen LogP contribution in [0, 0.1) is 5.92 Å². The van der Waals surface area contributed by atoms with Gasteiger partial charge in [-0.25, -0.2) is 0 Å². The monoisotopic (exact) mass is 432 g/mol. The van der Waals surface area contributed by atoms with Crippen molar-refractivity contribution in [2.45, 2.75) is 64.7 Å². The molecule has 31 heavy (non-hydrogen) atoms. The van der Waals surface area contributed by atoms with Gasteiger partial charge in [0.1, 0.15) is 11.8 Å². The lowest BCUT2D eigenvalue weighted by atomic mass is 10.0. The average Bonchev–Trinajstić information content (AvgIpc) is 3.33. The fourth-order valence-corrected chi connectivity index (χ4v) is 4.18. The smallest absolute Gasteiger partial charge is 0.245 e. The number of hydrogen-bond donors (Lipinski definition) is 3. The van der Waals surface area contributed by atoms with Crippen LogP contribution < -0.4 is 10.6 Å². The van der Waals surface area contributed by atoms with Crippen molar-refractivity contribution in [3.05, 3.63) is 30.3 Å². The first kappa shape index (κ1) is 24.7. The summed E-state index contributed by atoms with van der Waals surface area (Å²) < 4.78 is 0. The molecule has 8 heteroatoms. The Bertz CT molecular complexity index is 755. The van der Waals surface area contributed by atoms with Gasteiger partial charge in [-0.05, 0) is 44.9 Å². The Morgan fingerprint density at radius 1 is 1.00 bits per heavy atom. The lowest BCUT2D eigenvalue weighted by molar-refractivity contribution is -0.139. The van der Waals surface area contributed by atoms with E-state index in [2.05, 4.69) is 10.6 Å². The SMILES string of the molecule is CN[C@@H](C)C(=O)NC(C(=O)N1CCC2C1CCN2C(C)=O)C(C)C.Oc1ccccc1. The van der Waals surface area contributed by atoms with Crippen molar-refractivity contribution in [3.63, 3.8) is 0 Å². The number of amides is 3. The van der Waals surface area contributed by atoms with Crippen LogP contribution >= 0.6 is 0 Å². The molecule has 172 valence electrons. The molecular weight excluding hydrogens is 396 g/mol. The van der Waals surface area contributed by atoms with Gasteiger partial charge in [0.05, 0.1) is 18.1 Å². The van der Waals surface area contributed by atoms with Gasteiger partial charge in [-0.2, -0.15) is 0 Å². The Labute approximate surface area is 185 Å². The van der Waals surface area contributed by atoms with Crippen molar-refractivity contribution >= 4 is 17.7 Å². The molecule has 2 heterocycles. The molecule has 0 aliphatic carbocycles. The van der Waals surface area contributed by atoms with Gasteiger partial charge in [0, 0.05) is 20.0 Å². The minimum absolute atomic E-state index is 0.00914. The second kappa shape index (κ2) is 11.1. The number of carbonyl (C=O) groups excluding carboxylic acids is 3. The van der Waals surface area contributed by atoms with Crippen LogP contribution in [-0.4, -0.2) is 76.9 Å². The summed E-state index contributed by atoms with van der Waals surface area (Å²) in [6.07, 6.45) is 1.64. The van der Waals surface area contributed by atoms with Gasteiger partial charge in [0.15, 0.2) is 0 Å². The number of phenolic OH excluding ortho intramolecular Hbond substituents is 1. The van der Waals surface area contributed by atoms with Crippen LogP contribution in [0.1, 0.15) is 40.5 Å². The zero-order valence-corrected chi connectivity index (χ0v) is 19.2. The van der Waals surface area contributed by atoms with Gasteiger partial charge in [0.2, 0.25) is 17.7 Å². The molecule has 0 aromatic heterocycles. The van der Waals surface area contributed by atoms with Crippen LogP contribution in [0.3, 0.4) is 0 Å². The van der Waals surface area contributed by atoms with Gasteiger partial charge >= 0.3 is 0 Å². The third-order valence-electron chi connectivity index (χ3n) is 6.08. The van der Waals surface area contributed by atoms with E-state index in [4.69, 9.17) is 5.11 Å². The van der Waals surface area contributed by atoms with E-state index in [0.717, 1.165) is 12.8 Å². The number of aromatic hydroxyl groups is 1. The first-order chi connectivity index (χ1) is 14.7. The van der Waals surface area contributed by atoms with Crippen LogP contribution in [0.5, 0.6) is 5.75 Å². The van der Waals surface area contributed by atoms with E-state index in [1.807, 2.05) is 29.7 Å². The van der Waals surface area contributed by atoms with E-state index in [1.165, 1.54) is 0 Å². The summed E-state index contributed by atoms with van der Waals surface area (Å²) in [5.41, 5.74) is 0. The number of carbonyl (C=O) groups is 3. The molecule has 2 aliphatic heterocycles. The number of likely N-dealkylation sites (tertiary alicyclic amines) is 2. The Morgan fingerprint density at radius 3 is 2.00 bits per heavy atom. The van der Waals surface area contributed by atoms with E-state index in [9.17, 15) is 14.4 Å². The van der Waals surface area contributed by atoms with Crippen molar-refractivity contribution in [2.24, 2.45) is 5.92 Å². The number of para-hydroxylation sites is 1. The maximum Gasteiger partial charge on any atom is 0.245 e. The van der Waals surface area contributed by atoms with Crippen molar-refractivity contribution in [2.75, 3.05) is 20.1 Å². The standard InChI is InChI=1S/C17H30N4O3.C6H6O/c1-10(2)15(19-16(23)11(3)18-5)17(24)21-9-7-13-14(21)6-8-20(13)12(4)22;7-6-4-2-1-3-5-6/h10-11,13-15,18H,6-9H2,1-5H3,(H,19,23);1-5,7H/t11-,13?,14?,15?;/m0./s1. The number of hydrogen-bond acceptors (Lipinski definition) is 5. The van der Waals surface area contributed by atoms with Crippen molar-refractivity contribution in [1.29, 1.82) is 0 Å². The van der Waals surface area contributed by atoms with Gasteiger partial charge in [0.25, 0.3) is 0 Å². The number of benzene rings is 1. The Morgan fingerprint density at radius 2 is 1.55 bits per heavy atom. The number of nitrogens with zero attached hydrogens (tertiary/aromatic N) is 2. The first-order valence-electron chi connectivity index (χ1n) is 11.0. The molecule has 4 atom stereocenters. The molecule has 3 unspecified atom stereocenters. The van der Waals surface area contributed by atoms with Crippen molar-refractivity contribution in [3.8, 4) is 5.75 Å². The number of phenols is 1. The van der Waals surface area contributed by atoms with Gasteiger partial charge in [-0.3, -0.25) is 14.4 Å². The minimum atomic E-state index is -0.529. The largest absolute Gasteiger partial charge is 0.508 e. The fourth-order valence-electron chi connectivity index (χ4n) is 4.18. The van der Waals surface area contributed by atoms with Crippen LogP contribution in [0.2, 0.25) is 0 Å². The predicted octanol–water partition coefficient (Wildman–Crippen LogP) is 1.35. The third kappa shape index (κ3) is 6.19. The summed E-state index contributed by atoms with van der Waals surface area (Å²) in [6, 6.07) is 8.06. The lowest BCUT2D eigenvalue weighted by Gasteiger charge is -2.31. The average molecular weight is 433 g/mol. The maximum atomic E-state index is 13.0. The van der Waals surface area contributed by atoms with E-state index in [-0.39, 0.29) is 41.8 Å². The van der Waals surface area contributed by atoms with Crippen LogP contribution in [-0.2, 0) is 14.4 Å². The molecule has 2 fully saturated rings. The molecule has 0 bridgehead atoms. The molecule has 0 spiro atoms. The molecule has 0 radical (unpaired) electrons. The van der Waals surface area contributed by atoms with Crippen LogP contribution in [0.4, 0.5) is 0 Å². The second-order valence-corrected chi connectivity index (χ2v) is 8.53. The van der Waals surface area contributed by atoms with E-state index < -0.39 is 6.04 Å². The second-order valence-electron chi connectivity index (χ2n) is 8.53. The number of nitrogens with one attached hydrogen (secondary N) is 2. The molecule has 2 aliphatic rings. The molecule has 3 rings (SSSR count). The maximum absolute atomic E-state index is 13.0. The normalized spacial score (nSPS) is 21.7. The zero-order valence-electron chi connectivity index (χ0n) is 19.2. The summed E-state index contributed by atoms with van der Waals surface area (Å²) in [6.45, 7) is 8.60. The quantitative estimate of drug-likeness (QED) is 0.652. The predicted molar refractivity (Wildman–Crippen MR) is 119 cm³/mol. The summed E-state index contributed by atoms with van der Waals surface area (Å²) in [7, 11) is 1.72. The highest BCUT2D eigenvalue weighted by atomic mass is 16.3. The summed E-state index contributed by atoms with van der Waals surface area (Å²) >= 11 is 0. The zero-order chi connectivity index (χ0) is 23.1. The first-order valence-corrected chi connectivity index (χ1v) is 11.0. The Hall–Kier alpha value is -2.61. The summed E-state index contributed by atoms with van der Waals surface area (Å²) in [5.74, 6) is 0.211. The lowest BCUT2D eigenvalue weighted by Crippen LogP contribution is -2.55. The summed E-state index contributed by atoms with van der Waals surface area (Å²) in [5, 5.41) is 14.4. The van der Waals surface area contributed by atoms with Crippen molar-refractivity contribution < 1.29 is 19.5 Å². The molecule has 1 aromatic rings. The number of fused-ring (bicyclic) bond motifs is 1. The van der Waals surface area contributed by atoms with Gasteiger partial charge in [-0.1, -0.05) is 32.0 Å². The molecular formula is C23H36N4O4. The Kier molecular flexibility index (Phi) is 8.86. The van der Waals surface area contributed by atoms with E-state index in [0.29, 0.717) is 18.8 Å². The molecule has 2 saturated heterocycles. The Balaban J connectivity index is 0.000000412. The van der Waals surface area contributed by atoms with Crippen LogP contribution in [0.15, 0.2) is 30.3 Å². The van der Waals surface area contributed by atoms with Crippen molar-refractivity contribution in [1.82, 2.24) is 20.4 Å². The van der Waals surface area contributed by atoms with E-state index in [1.54, 1.807) is 45.2 Å². The highest BCUT2D eigenvalue weighted by Crippen LogP contribution is 2.32. The molecule has 0 saturated carbocycles. The fraction of sp³-hybridized carbons (Fsp3) is 0.609. The minimum Gasteiger partial charge on any atom is -0.508 e. The van der Waals surface area contributed by atoms with Gasteiger partial charge in [-0.15, -0.1) is 0 Å². The number of likely N-dealkylation sites (N-methyl/N-ethyl adjacent to an activating group) is 1. The molecule has 8 nitrogen and oxygen atoms in total. The molecule has 3 amide bonds. The summed E-state index contributed by atoms with van der Waals surface area (Å²) in [4.78, 5) is 40.7. The molecule has 1 aromatic carbocycles. The van der Waals surface area contributed by atoms with Crippen LogP contribution in [0.25, 0.3) is 0 Å². The van der Waals surface area contributed by atoms with E-state index >= 15 is 0 Å². The highest BCUT2D eigenvalue weighted by molar-refractivity contribution is 5.90. The highest BCUT2D eigenvalue weighted by Gasteiger charge is 2.46. The number of rotatable bonds is 5. The van der Waals surface area contributed by atoms with Gasteiger partial charge < -0.3 is 25.5 Å². The topological polar surface area (TPSA) is 102 Å². The molecule has 3 N–H and O–H groups in total. The third-order valence-corrected chi connectivity index (χ3v) is 6.08.